The number of ether oxygens (including phenoxy) is 1. The average Bonchev–Trinajstić information content (AvgIpc) is 3.42. The van der Waals surface area contributed by atoms with E-state index in [9.17, 15) is 4.79 Å². The summed E-state index contributed by atoms with van der Waals surface area (Å²) in [6.07, 6.45) is 4.36. The highest BCUT2D eigenvalue weighted by Gasteiger charge is 2.55. The van der Waals surface area contributed by atoms with Crippen LogP contribution in [0.4, 0.5) is 0 Å². The minimum atomic E-state index is 0.0560. The fraction of sp³-hybridized carbons (Fsp3) is 0.318. The zero-order valence-electron chi connectivity index (χ0n) is 14.3. The van der Waals surface area contributed by atoms with Gasteiger partial charge in [-0.1, -0.05) is 72.8 Å². The maximum atomic E-state index is 13.0. The van der Waals surface area contributed by atoms with Gasteiger partial charge in [0, 0.05) is 19.0 Å². The summed E-state index contributed by atoms with van der Waals surface area (Å²) in [4.78, 5) is 15.0. The number of benzene rings is 2. The van der Waals surface area contributed by atoms with Crippen molar-refractivity contribution in [2.24, 2.45) is 11.8 Å². The van der Waals surface area contributed by atoms with Gasteiger partial charge in [0.15, 0.2) is 0 Å². The molecule has 1 saturated heterocycles. The van der Waals surface area contributed by atoms with Gasteiger partial charge in [-0.05, 0) is 17.0 Å². The highest BCUT2D eigenvalue weighted by Crippen LogP contribution is 2.55. The fourth-order valence-corrected chi connectivity index (χ4v) is 3.78. The Balaban J connectivity index is 1.54. The van der Waals surface area contributed by atoms with E-state index in [0.29, 0.717) is 26.3 Å². The Morgan fingerprint density at radius 3 is 2.28 bits per heavy atom. The van der Waals surface area contributed by atoms with Gasteiger partial charge in [0.2, 0.25) is 5.91 Å². The van der Waals surface area contributed by atoms with Crippen LogP contribution < -0.4 is 0 Å². The molecule has 0 bridgehead atoms. The average molecular weight is 333 g/mol. The van der Waals surface area contributed by atoms with Crippen LogP contribution in [0.5, 0.6) is 0 Å². The molecule has 2 aromatic rings. The fourth-order valence-electron chi connectivity index (χ4n) is 3.78. The summed E-state index contributed by atoms with van der Waals surface area (Å²) in [6.45, 7) is 2.73. The molecule has 1 saturated carbocycles. The van der Waals surface area contributed by atoms with Crippen LogP contribution in [0.25, 0.3) is 6.08 Å². The molecule has 3 nitrogen and oxygen atoms in total. The summed E-state index contributed by atoms with van der Waals surface area (Å²) in [6, 6.07) is 20.7. The lowest BCUT2D eigenvalue weighted by Crippen LogP contribution is -2.41. The van der Waals surface area contributed by atoms with Crippen LogP contribution in [0.2, 0.25) is 0 Å². The number of carbonyl (C=O) groups is 1. The summed E-state index contributed by atoms with van der Waals surface area (Å²) in [5, 5.41) is 0. The number of rotatable bonds is 4. The molecule has 2 aromatic carbocycles. The van der Waals surface area contributed by atoms with E-state index < -0.39 is 0 Å². The van der Waals surface area contributed by atoms with E-state index >= 15 is 0 Å². The molecule has 1 aliphatic carbocycles. The number of hydrogen-bond donors (Lipinski definition) is 0. The summed E-state index contributed by atoms with van der Waals surface area (Å²) in [5.74, 6) is 0.898. The zero-order chi connectivity index (χ0) is 17.1. The molecule has 2 aliphatic rings. The number of allylic oxidation sites excluding steroid dienone is 1. The molecular weight excluding hydrogens is 310 g/mol. The lowest BCUT2D eigenvalue weighted by molar-refractivity contribution is -0.136. The van der Waals surface area contributed by atoms with Crippen molar-refractivity contribution < 1.29 is 9.53 Å². The van der Waals surface area contributed by atoms with Crippen molar-refractivity contribution in [1.29, 1.82) is 0 Å². The molecule has 1 aliphatic heterocycles. The molecule has 1 amide bonds. The number of carbonyl (C=O) groups excluding carboxylic acids is 1. The van der Waals surface area contributed by atoms with E-state index in [1.54, 1.807) is 0 Å². The van der Waals surface area contributed by atoms with E-state index in [2.05, 4.69) is 48.6 Å². The van der Waals surface area contributed by atoms with Gasteiger partial charge in [0.05, 0.1) is 19.1 Å². The number of amides is 1. The smallest absolute Gasteiger partial charge is 0.227 e. The molecule has 0 radical (unpaired) electrons. The third kappa shape index (κ3) is 3.52. The number of morpholine rings is 1. The predicted molar refractivity (Wildman–Crippen MR) is 99.0 cm³/mol. The minimum Gasteiger partial charge on any atom is -0.378 e. The maximum absolute atomic E-state index is 13.0. The third-order valence-electron chi connectivity index (χ3n) is 5.18. The highest BCUT2D eigenvalue weighted by atomic mass is 16.5. The molecule has 128 valence electrons. The summed E-state index contributed by atoms with van der Waals surface area (Å²) in [5.41, 5.74) is 2.44. The lowest BCUT2D eigenvalue weighted by atomic mass is 10.1. The second kappa shape index (κ2) is 7.24. The molecule has 3 heteroatoms. The van der Waals surface area contributed by atoms with Gasteiger partial charge in [-0.25, -0.2) is 0 Å². The molecule has 0 unspecified atom stereocenters. The molecule has 1 heterocycles. The Morgan fingerprint density at radius 2 is 1.60 bits per heavy atom. The molecule has 4 rings (SSSR count). The minimum absolute atomic E-state index is 0.0560. The number of nitrogens with zero attached hydrogens (tertiary/aromatic N) is 1. The largest absolute Gasteiger partial charge is 0.378 e. The first-order valence-corrected chi connectivity index (χ1v) is 8.99. The molecule has 3 atom stereocenters. The van der Waals surface area contributed by atoms with Gasteiger partial charge in [-0.2, -0.15) is 0 Å². The summed E-state index contributed by atoms with van der Waals surface area (Å²) >= 11 is 0. The standard InChI is InChI=1S/C22H23NO2/c24-22(23-13-15-25-16-14-23)21-19(12-11-17-7-3-1-4-8-17)20(21)18-9-5-2-6-10-18/h1-12,19-21H,13-16H2/b12-11+/t19-,20+,21+/m0/s1. The van der Waals surface area contributed by atoms with Crippen molar-refractivity contribution in [3.05, 3.63) is 77.9 Å². The molecule has 25 heavy (non-hydrogen) atoms. The summed E-state index contributed by atoms with van der Waals surface area (Å²) < 4.78 is 5.39. The van der Waals surface area contributed by atoms with Crippen molar-refractivity contribution in [1.82, 2.24) is 4.90 Å². The Hall–Kier alpha value is -2.39. The molecule has 2 fully saturated rings. The van der Waals surface area contributed by atoms with Crippen LogP contribution >= 0.6 is 0 Å². The first-order chi connectivity index (χ1) is 12.3. The predicted octanol–water partition coefficient (Wildman–Crippen LogP) is 3.59. The second-order valence-corrected chi connectivity index (χ2v) is 6.75. The molecule has 0 spiro atoms. The molecular formula is C22H23NO2. The van der Waals surface area contributed by atoms with Crippen LogP contribution in [0, 0.1) is 11.8 Å². The topological polar surface area (TPSA) is 29.5 Å². The van der Waals surface area contributed by atoms with E-state index in [0.717, 1.165) is 0 Å². The van der Waals surface area contributed by atoms with Gasteiger partial charge < -0.3 is 9.64 Å². The second-order valence-electron chi connectivity index (χ2n) is 6.75. The normalized spacial score (nSPS) is 25.9. The van der Waals surface area contributed by atoms with Crippen molar-refractivity contribution in [3.63, 3.8) is 0 Å². The van der Waals surface area contributed by atoms with Gasteiger partial charge in [0.1, 0.15) is 0 Å². The van der Waals surface area contributed by atoms with E-state index in [1.807, 2.05) is 29.2 Å². The van der Waals surface area contributed by atoms with Crippen molar-refractivity contribution in [3.8, 4) is 0 Å². The van der Waals surface area contributed by atoms with Crippen LogP contribution in [0.3, 0.4) is 0 Å². The van der Waals surface area contributed by atoms with Gasteiger partial charge in [-0.3, -0.25) is 4.79 Å². The van der Waals surface area contributed by atoms with E-state index in [-0.39, 0.29) is 23.7 Å². The monoisotopic (exact) mass is 333 g/mol. The zero-order valence-corrected chi connectivity index (χ0v) is 14.3. The third-order valence-corrected chi connectivity index (χ3v) is 5.18. The van der Waals surface area contributed by atoms with Crippen LogP contribution in [-0.4, -0.2) is 37.1 Å². The Labute approximate surface area is 148 Å². The quantitative estimate of drug-likeness (QED) is 0.856. The van der Waals surface area contributed by atoms with Crippen molar-refractivity contribution >= 4 is 12.0 Å². The Bertz CT molecular complexity index is 735. The SMILES string of the molecule is O=C([C@@H]1[C@@H](/C=C/c2ccccc2)[C@H]1c1ccccc1)N1CCOCC1. The van der Waals surface area contributed by atoms with Crippen molar-refractivity contribution in [2.45, 2.75) is 5.92 Å². The first-order valence-electron chi connectivity index (χ1n) is 8.99. The van der Waals surface area contributed by atoms with E-state index in [4.69, 9.17) is 4.74 Å². The number of hydrogen-bond acceptors (Lipinski definition) is 2. The van der Waals surface area contributed by atoms with Crippen LogP contribution in [0.1, 0.15) is 17.0 Å². The highest BCUT2D eigenvalue weighted by molar-refractivity contribution is 5.84. The lowest BCUT2D eigenvalue weighted by Gasteiger charge is -2.27. The van der Waals surface area contributed by atoms with Crippen LogP contribution in [-0.2, 0) is 9.53 Å². The Morgan fingerprint density at radius 1 is 0.960 bits per heavy atom. The molecule has 0 N–H and O–H groups in total. The van der Waals surface area contributed by atoms with Crippen molar-refractivity contribution in [2.75, 3.05) is 26.3 Å². The van der Waals surface area contributed by atoms with Gasteiger partial charge >= 0.3 is 0 Å². The van der Waals surface area contributed by atoms with E-state index in [1.165, 1.54) is 11.1 Å². The van der Waals surface area contributed by atoms with Gasteiger partial charge in [-0.15, -0.1) is 0 Å². The first kappa shape index (κ1) is 16.1. The summed E-state index contributed by atoms with van der Waals surface area (Å²) in [7, 11) is 0. The van der Waals surface area contributed by atoms with Crippen LogP contribution in [0.15, 0.2) is 66.7 Å². The Kier molecular flexibility index (Phi) is 4.66. The molecule has 0 aromatic heterocycles. The van der Waals surface area contributed by atoms with Gasteiger partial charge in [0.25, 0.3) is 0 Å². The maximum Gasteiger partial charge on any atom is 0.227 e.